The Kier molecular flexibility index (Phi) is 4.10. The van der Waals surface area contributed by atoms with Gasteiger partial charge in [-0.15, -0.1) is 0 Å². The number of pyridine rings is 1. The van der Waals surface area contributed by atoms with Gasteiger partial charge in [0.15, 0.2) is 0 Å². The molecular formula is C14H20N4. The van der Waals surface area contributed by atoms with Crippen LogP contribution in [0.15, 0.2) is 30.6 Å². The first-order valence-corrected chi connectivity index (χ1v) is 6.34. The highest BCUT2D eigenvalue weighted by Gasteiger charge is 2.14. The zero-order valence-electron chi connectivity index (χ0n) is 11.2. The van der Waals surface area contributed by atoms with E-state index >= 15 is 0 Å². The lowest BCUT2D eigenvalue weighted by molar-refractivity contribution is 0.516. The van der Waals surface area contributed by atoms with Gasteiger partial charge in [-0.3, -0.25) is 4.98 Å². The predicted molar refractivity (Wildman–Crippen MR) is 72.3 cm³/mol. The smallest absolute Gasteiger partial charge is 0.110 e. The molecule has 2 rings (SSSR count). The molecule has 0 aliphatic rings. The van der Waals surface area contributed by atoms with Gasteiger partial charge in [0.2, 0.25) is 0 Å². The number of aryl methyl sites for hydroxylation is 2. The first-order chi connectivity index (χ1) is 8.70. The summed E-state index contributed by atoms with van der Waals surface area (Å²) in [4.78, 5) is 8.98. The first kappa shape index (κ1) is 12.8. The van der Waals surface area contributed by atoms with Crippen LogP contribution >= 0.6 is 0 Å². The van der Waals surface area contributed by atoms with Gasteiger partial charge in [-0.2, -0.15) is 0 Å². The molecule has 18 heavy (non-hydrogen) atoms. The van der Waals surface area contributed by atoms with E-state index in [1.807, 2.05) is 32.4 Å². The molecule has 0 spiro atoms. The second-order valence-corrected chi connectivity index (χ2v) is 4.47. The minimum absolute atomic E-state index is 0.219. The van der Waals surface area contributed by atoms with Crippen LogP contribution in [0.3, 0.4) is 0 Å². The number of likely N-dealkylation sites (N-methyl/N-ethyl adjacent to an activating group) is 1. The molecule has 2 aromatic rings. The normalized spacial score (nSPS) is 12.6. The molecule has 1 unspecified atom stereocenters. The van der Waals surface area contributed by atoms with Crippen molar-refractivity contribution in [2.24, 2.45) is 7.05 Å². The second kappa shape index (κ2) is 5.78. The van der Waals surface area contributed by atoms with Crippen LogP contribution in [-0.2, 0) is 13.5 Å². The lowest BCUT2D eigenvalue weighted by Gasteiger charge is -2.17. The van der Waals surface area contributed by atoms with Crippen molar-refractivity contribution in [3.8, 4) is 0 Å². The highest BCUT2D eigenvalue weighted by atomic mass is 15.0. The maximum atomic E-state index is 4.60. The molecule has 4 heteroatoms. The van der Waals surface area contributed by atoms with Gasteiger partial charge >= 0.3 is 0 Å². The largest absolute Gasteiger partial charge is 0.338 e. The number of nitrogens with zero attached hydrogens (tertiary/aromatic N) is 3. The molecule has 4 nitrogen and oxygen atoms in total. The molecule has 1 N–H and O–H groups in total. The Morgan fingerprint density at radius 3 is 2.83 bits per heavy atom. The Balaban J connectivity index is 2.20. The van der Waals surface area contributed by atoms with Crippen LogP contribution in [0.2, 0.25) is 0 Å². The summed E-state index contributed by atoms with van der Waals surface area (Å²) in [7, 11) is 2.02. The highest BCUT2D eigenvalue weighted by Crippen LogP contribution is 2.15. The Labute approximate surface area is 108 Å². The van der Waals surface area contributed by atoms with Gasteiger partial charge in [0.1, 0.15) is 5.82 Å². The molecule has 0 saturated heterocycles. The number of hydrogen-bond donors (Lipinski definition) is 1. The van der Waals surface area contributed by atoms with E-state index in [0.29, 0.717) is 0 Å². The van der Waals surface area contributed by atoms with Crippen LogP contribution < -0.4 is 5.32 Å². The van der Waals surface area contributed by atoms with Crippen molar-refractivity contribution in [2.75, 3.05) is 6.54 Å². The van der Waals surface area contributed by atoms with E-state index in [0.717, 1.165) is 30.2 Å². The third-order valence-corrected chi connectivity index (χ3v) is 3.03. The molecule has 0 saturated carbocycles. The van der Waals surface area contributed by atoms with Gasteiger partial charge < -0.3 is 9.88 Å². The van der Waals surface area contributed by atoms with Crippen LogP contribution in [0.5, 0.6) is 0 Å². The van der Waals surface area contributed by atoms with Crippen molar-refractivity contribution in [1.82, 2.24) is 19.9 Å². The van der Waals surface area contributed by atoms with Crippen LogP contribution in [0, 0.1) is 6.92 Å². The van der Waals surface area contributed by atoms with Crippen LogP contribution in [-0.4, -0.2) is 21.1 Å². The van der Waals surface area contributed by atoms with Gasteiger partial charge in [-0.1, -0.05) is 13.0 Å². The Morgan fingerprint density at radius 1 is 1.39 bits per heavy atom. The van der Waals surface area contributed by atoms with Crippen LogP contribution in [0.25, 0.3) is 0 Å². The number of hydrogen-bond acceptors (Lipinski definition) is 3. The maximum Gasteiger partial charge on any atom is 0.110 e. The van der Waals surface area contributed by atoms with Gasteiger partial charge in [0, 0.05) is 31.6 Å². The predicted octanol–water partition coefficient (Wildman–Crippen LogP) is 2.02. The van der Waals surface area contributed by atoms with E-state index in [1.54, 1.807) is 0 Å². The number of aromatic nitrogens is 3. The van der Waals surface area contributed by atoms with Crippen molar-refractivity contribution in [1.29, 1.82) is 0 Å². The summed E-state index contributed by atoms with van der Waals surface area (Å²) in [5, 5.41) is 3.48. The van der Waals surface area contributed by atoms with Gasteiger partial charge in [0.05, 0.1) is 11.7 Å². The summed E-state index contributed by atoms with van der Waals surface area (Å²) < 4.78 is 2.06. The van der Waals surface area contributed by atoms with Crippen molar-refractivity contribution in [2.45, 2.75) is 26.3 Å². The zero-order chi connectivity index (χ0) is 13.0. The van der Waals surface area contributed by atoms with E-state index in [2.05, 4.69) is 38.9 Å². The molecule has 2 heterocycles. The van der Waals surface area contributed by atoms with E-state index in [-0.39, 0.29) is 6.04 Å². The molecular weight excluding hydrogens is 224 g/mol. The van der Waals surface area contributed by atoms with Crippen LogP contribution in [0.4, 0.5) is 0 Å². The van der Waals surface area contributed by atoms with Gasteiger partial charge in [0.25, 0.3) is 0 Å². The average molecular weight is 244 g/mol. The first-order valence-electron chi connectivity index (χ1n) is 6.34. The van der Waals surface area contributed by atoms with Crippen molar-refractivity contribution < 1.29 is 0 Å². The summed E-state index contributed by atoms with van der Waals surface area (Å²) >= 11 is 0. The highest BCUT2D eigenvalue weighted by molar-refractivity contribution is 5.15. The van der Waals surface area contributed by atoms with Crippen LogP contribution in [0.1, 0.15) is 30.2 Å². The molecule has 1 atom stereocenters. The molecule has 0 aliphatic heterocycles. The minimum Gasteiger partial charge on any atom is -0.338 e. The summed E-state index contributed by atoms with van der Waals surface area (Å²) in [5.41, 5.74) is 2.13. The Hall–Kier alpha value is -1.68. The standard InChI is InChI=1S/C14H20N4/c1-4-15-13(10-14-16-8-9-18(14)3)12-7-5-6-11(2)17-12/h5-9,13,15H,4,10H2,1-3H3. The minimum atomic E-state index is 0.219. The lowest BCUT2D eigenvalue weighted by Crippen LogP contribution is -2.25. The molecule has 0 bridgehead atoms. The summed E-state index contributed by atoms with van der Waals surface area (Å²) in [6.07, 6.45) is 4.66. The molecule has 0 aliphatic carbocycles. The van der Waals surface area contributed by atoms with Crippen molar-refractivity contribution in [3.63, 3.8) is 0 Å². The molecule has 0 fully saturated rings. The number of imidazole rings is 1. The van der Waals surface area contributed by atoms with E-state index in [1.165, 1.54) is 0 Å². The number of nitrogens with one attached hydrogen (secondary N) is 1. The maximum absolute atomic E-state index is 4.60. The average Bonchev–Trinajstić information content (AvgIpc) is 2.74. The third kappa shape index (κ3) is 2.96. The molecule has 96 valence electrons. The molecule has 0 amide bonds. The quantitative estimate of drug-likeness (QED) is 0.875. The summed E-state index contributed by atoms with van der Waals surface area (Å²) in [6.45, 7) is 5.05. The zero-order valence-corrected chi connectivity index (χ0v) is 11.2. The van der Waals surface area contributed by atoms with E-state index in [4.69, 9.17) is 0 Å². The van der Waals surface area contributed by atoms with Gasteiger partial charge in [-0.25, -0.2) is 4.98 Å². The summed E-state index contributed by atoms with van der Waals surface area (Å²) in [6, 6.07) is 6.37. The van der Waals surface area contributed by atoms with Gasteiger partial charge in [-0.05, 0) is 25.6 Å². The topological polar surface area (TPSA) is 42.7 Å². The Morgan fingerprint density at radius 2 is 2.22 bits per heavy atom. The van der Waals surface area contributed by atoms with E-state index < -0.39 is 0 Å². The molecule has 0 aromatic carbocycles. The lowest BCUT2D eigenvalue weighted by atomic mass is 10.1. The fourth-order valence-electron chi connectivity index (χ4n) is 2.06. The van der Waals surface area contributed by atoms with Crippen molar-refractivity contribution in [3.05, 3.63) is 47.8 Å². The monoisotopic (exact) mass is 244 g/mol. The fourth-order valence-corrected chi connectivity index (χ4v) is 2.06. The fraction of sp³-hybridized carbons (Fsp3) is 0.429. The Bertz CT molecular complexity index is 504. The van der Waals surface area contributed by atoms with E-state index in [9.17, 15) is 0 Å². The number of rotatable bonds is 5. The van der Waals surface area contributed by atoms with Crippen molar-refractivity contribution >= 4 is 0 Å². The summed E-state index contributed by atoms with van der Waals surface area (Å²) in [5.74, 6) is 1.07. The molecule has 2 aromatic heterocycles. The third-order valence-electron chi connectivity index (χ3n) is 3.03. The molecule has 0 radical (unpaired) electrons. The second-order valence-electron chi connectivity index (χ2n) is 4.47. The SMILES string of the molecule is CCNC(Cc1nccn1C)c1cccc(C)n1.